The van der Waals surface area contributed by atoms with Crippen LogP contribution in [0.2, 0.25) is 0 Å². The van der Waals surface area contributed by atoms with Gasteiger partial charge in [0.1, 0.15) is 29.5 Å². The van der Waals surface area contributed by atoms with Crippen LogP contribution in [0.3, 0.4) is 0 Å². The van der Waals surface area contributed by atoms with E-state index in [1.807, 2.05) is 0 Å². The van der Waals surface area contributed by atoms with Crippen molar-refractivity contribution >= 4 is 0 Å². The Morgan fingerprint density at radius 3 is 2.12 bits per heavy atom. The fourth-order valence-electron chi connectivity index (χ4n) is 2.85. The van der Waals surface area contributed by atoms with Gasteiger partial charge in [-0.15, -0.1) is 0 Å². The van der Waals surface area contributed by atoms with Crippen molar-refractivity contribution in [3.63, 3.8) is 0 Å². The first-order valence-electron chi connectivity index (χ1n) is 7.41. The summed E-state index contributed by atoms with van der Waals surface area (Å²) in [5.41, 5.74) is 0.436. The van der Waals surface area contributed by atoms with Crippen LogP contribution in [-0.2, 0) is 0 Å². The van der Waals surface area contributed by atoms with Crippen LogP contribution in [0.5, 0.6) is 34.5 Å². The number of benzene rings is 2. The molecule has 2 aromatic rings. The van der Waals surface area contributed by atoms with Crippen molar-refractivity contribution in [2.75, 3.05) is 14.2 Å². The first kappa shape index (κ1) is 17.0. The van der Waals surface area contributed by atoms with Crippen molar-refractivity contribution in [1.29, 1.82) is 0 Å². The van der Waals surface area contributed by atoms with E-state index in [1.54, 1.807) is 6.07 Å². The van der Waals surface area contributed by atoms with Gasteiger partial charge in [-0.1, -0.05) is 0 Å². The van der Waals surface area contributed by atoms with E-state index in [2.05, 4.69) is 0 Å². The molecule has 0 fully saturated rings. The van der Waals surface area contributed by atoms with Crippen LogP contribution in [0.4, 0.5) is 0 Å². The highest BCUT2D eigenvalue weighted by molar-refractivity contribution is 5.55. The molecule has 5 N–H and O–H groups in total. The molecule has 0 amide bonds. The van der Waals surface area contributed by atoms with Crippen LogP contribution in [-0.4, -0.2) is 45.9 Å². The Morgan fingerprint density at radius 1 is 0.920 bits per heavy atom. The Labute approximate surface area is 143 Å². The summed E-state index contributed by atoms with van der Waals surface area (Å²) in [6.07, 6.45) is -3.84. The molecule has 0 bridgehead atoms. The molecule has 0 saturated carbocycles. The lowest BCUT2D eigenvalue weighted by molar-refractivity contribution is -0.0711. The van der Waals surface area contributed by atoms with Crippen LogP contribution in [0.1, 0.15) is 23.3 Å². The average Bonchev–Trinajstić information content (AvgIpc) is 2.61. The maximum absolute atomic E-state index is 10.5. The fraction of sp³-hybridized carbons (Fsp3) is 0.294. The van der Waals surface area contributed by atoms with Crippen molar-refractivity contribution in [3.05, 3.63) is 35.4 Å². The van der Waals surface area contributed by atoms with Crippen LogP contribution >= 0.6 is 0 Å². The van der Waals surface area contributed by atoms with Gasteiger partial charge in [-0.3, -0.25) is 0 Å². The van der Waals surface area contributed by atoms with Gasteiger partial charge in [0.15, 0.2) is 23.4 Å². The number of aromatic hydroxyl groups is 3. The number of methoxy groups -OCH3 is 2. The molecule has 1 heterocycles. The Hall–Kier alpha value is -2.84. The van der Waals surface area contributed by atoms with Crippen LogP contribution in [0, 0.1) is 0 Å². The molecule has 3 atom stereocenters. The molecule has 0 aromatic heterocycles. The lowest BCUT2D eigenvalue weighted by atomic mass is 9.91. The summed E-state index contributed by atoms with van der Waals surface area (Å²) in [6.45, 7) is 0. The Morgan fingerprint density at radius 2 is 1.56 bits per heavy atom. The topological polar surface area (TPSA) is 129 Å². The number of phenols is 3. The predicted molar refractivity (Wildman–Crippen MR) is 85.3 cm³/mol. The molecular formula is C17H18O8. The maximum atomic E-state index is 10.5. The number of hydrogen-bond donors (Lipinski definition) is 5. The summed E-state index contributed by atoms with van der Waals surface area (Å²) in [5, 5.41) is 49.8. The predicted octanol–water partition coefficient (Wildman–Crippen LogP) is 1.35. The van der Waals surface area contributed by atoms with Gasteiger partial charge >= 0.3 is 0 Å². The summed E-state index contributed by atoms with van der Waals surface area (Å²) < 4.78 is 16.1. The number of rotatable bonds is 3. The number of aliphatic hydroxyl groups is 2. The maximum Gasteiger partial charge on any atom is 0.200 e. The molecule has 1 aliphatic rings. The van der Waals surface area contributed by atoms with E-state index in [-0.39, 0.29) is 22.6 Å². The molecule has 0 aliphatic carbocycles. The third-order valence-corrected chi connectivity index (χ3v) is 4.14. The largest absolute Gasteiger partial charge is 0.504 e. The molecule has 0 saturated heterocycles. The second-order valence-electron chi connectivity index (χ2n) is 5.62. The van der Waals surface area contributed by atoms with Gasteiger partial charge in [0.25, 0.3) is 0 Å². The third-order valence-electron chi connectivity index (χ3n) is 4.14. The minimum Gasteiger partial charge on any atom is -0.504 e. The van der Waals surface area contributed by atoms with Crippen molar-refractivity contribution < 1.29 is 39.7 Å². The number of hydrogen-bond acceptors (Lipinski definition) is 8. The lowest BCUT2D eigenvalue weighted by Crippen LogP contribution is -2.34. The van der Waals surface area contributed by atoms with Crippen LogP contribution in [0.15, 0.2) is 24.3 Å². The van der Waals surface area contributed by atoms with Crippen molar-refractivity contribution in [2.45, 2.75) is 18.3 Å². The van der Waals surface area contributed by atoms with E-state index < -0.39 is 35.6 Å². The second-order valence-corrected chi connectivity index (χ2v) is 5.62. The highest BCUT2D eigenvalue weighted by Crippen LogP contribution is 2.48. The van der Waals surface area contributed by atoms with Gasteiger partial charge in [0.2, 0.25) is 0 Å². The van der Waals surface area contributed by atoms with Crippen LogP contribution in [0.25, 0.3) is 0 Å². The zero-order valence-electron chi connectivity index (χ0n) is 13.5. The summed E-state index contributed by atoms with van der Waals surface area (Å²) in [6, 6.07) is 5.35. The van der Waals surface area contributed by atoms with Crippen LogP contribution < -0.4 is 14.2 Å². The molecule has 0 radical (unpaired) electrons. The van der Waals surface area contributed by atoms with Crippen molar-refractivity contribution in [3.8, 4) is 34.5 Å². The molecule has 1 aliphatic heterocycles. The lowest BCUT2D eigenvalue weighted by Gasteiger charge is -2.35. The van der Waals surface area contributed by atoms with E-state index in [4.69, 9.17) is 14.2 Å². The standard InChI is InChI=1S/C17H18O8/c1-23-8-5-11(24-2)13-12(6-8)25-17(16(22)15(13)21)7-3-9(18)14(20)10(19)4-7/h3-6,15-22H,1-2H3/t15?,16?,17-/m0/s1. The molecule has 8 heteroatoms. The molecule has 0 spiro atoms. The highest BCUT2D eigenvalue weighted by atomic mass is 16.5. The minimum absolute atomic E-state index is 0.173. The molecule has 3 rings (SSSR count). The van der Waals surface area contributed by atoms with Gasteiger partial charge in [-0.25, -0.2) is 0 Å². The van der Waals surface area contributed by atoms with Gasteiger partial charge in [-0.05, 0) is 12.1 Å². The average molecular weight is 350 g/mol. The zero-order chi connectivity index (χ0) is 18.3. The van der Waals surface area contributed by atoms with E-state index in [9.17, 15) is 25.5 Å². The number of ether oxygens (including phenoxy) is 3. The summed E-state index contributed by atoms with van der Waals surface area (Å²) in [7, 11) is 2.87. The monoisotopic (exact) mass is 350 g/mol. The van der Waals surface area contributed by atoms with E-state index >= 15 is 0 Å². The first-order valence-corrected chi connectivity index (χ1v) is 7.41. The number of phenolic OH excluding ortho intramolecular Hbond substituents is 3. The van der Waals surface area contributed by atoms with Gasteiger partial charge in [0.05, 0.1) is 19.8 Å². The van der Waals surface area contributed by atoms with E-state index in [0.717, 1.165) is 12.1 Å². The molecule has 2 unspecified atom stereocenters. The minimum atomic E-state index is -1.40. The second kappa shape index (κ2) is 6.23. The molecular weight excluding hydrogens is 332 g/mol. The third kappa shape index (κ3) is 2.75. The quantitative estimate of drug-likeness (QED) is 0.525. The van der Waals surface area contributed by atoms with Gasteiger partial charge < -0.3 is 39.7 Å². The van der Waals surface area contributed by atoms with E-state index in [1.165, 1.54) is 20.3 Å². The van der Waals surface area contributed by atoms with Crippen molar-refractivity contribution in [1.82, 2.24) is 0 Å². The van der Waals surface area contributed by atoms with Gasteiger partial charge in [0, 0.05) is 17.7 Å². The smallest absolute Gasteiger partial charge is 0.200 e. The first-order chi connectivity index (χ1) is 11.9. The molecule has 8 nitrogen and oxygen atoms in total. The number of aliphatic hydroxyl groups excluding tert-OH is 2. The van der Waals surface area contributed by atoms with Gasteiger partial charge in [-0.2, -0.15) is 0 Å². The fourth-order valence-corrected chi connectivity index (χ4v) is 2.85. The summed E-state index contributed by atoms with van der Waals surface area (Å²) in [5.74, 6) is -0.891. The Balaban J connectivity index is 2.10. The summed E-state index contributed by atoms with van der Waals surface area (Å²) in [4.78, 5) is 0. The molecule has 25 heavy (non-hydrogen) atoms. The Bertz CT molecular complexity index is 780. The van der Waals surface area contributed by atoms with E-state index in [0.29, 0.717) is 5.75 Å². The number of fused-ring (bicyclic) bond motifs is 1. The SMILES string of the molecule is COc1cc(OC)c2c(c1)O[C@@H](c1cc(O)c(O)c(O)c1)C(O)C2O. The summed E-state index contributed by atoms with van der Waals surface area (Å²) >= 11 is 0. The van der Waals surface area contributed by atoms with Crippen molar-refractivity contribution in [2.24, 2.45) is 0 Å². The normalized spacial score (nSPS) is 22.0. The molecule has 2 aromatic carbocycles. The zero-order valence-corrected chi connectivity index (χ0v) is 13.5. The highest BCUT2D eigenvalue weighted by Gasteiger charge is 2.40. The Kier molecular flexibility index (Phi) is 4.23. The molecule has 134 valence electrons.